The van der Waals surface area contributed by atoms with Crippen LogP contribution in [0.4, 0.5) is 0 Å². The fraction of sp³-hybridized carbons (Fsp3) is 0.543. The van der Waals surface area contributed by atoms with Crippen LogP contribution in [0.1, 0.15) is 77.3 Å². The number of phosphoric acid groups is 1. The predicted molar refractivity (Wildman–Crippen MR) is 183 cm³/mol. The normalized spacial score (nSPS) is 13.4. The van der Waals surface area contributed by atoms with Gasteiger partial charge < -0.3 is 21.1 Å². The van der Waals surface area contributed by atoms with Gasteiger partial charge in [0.15, 0.2) is 0 Å². The number of carbonyl (C=O) groups excluding carboxylic acids is 3. The van der Waals surface area contributed by atoms with Crippen molar-refractivity contribution < 1.29 is 42.4 Å². The van der Waals surface area contributed by atoms with Gasteiger partial charge in [-0.25, -0.2) is 9.36 Å². The SMILES string of the molecule is CCCCOP(=O)(OCCCC)OCC(=O)N[C@@H](CCc1ccccc1)C(=O)N[C@@H](CC(C)C)C(=O)N[C@@H](Cc1ccccc1)C(=O)O. The first-order valence-corrected chi connectivity index (χ1v) is 18.2. The number of nitrogens with one attached hydrogen (secondary N) is 3. The lowest BCUT2D eigenvalue weighted by Crippen LogP contribution is -2.56. The highest BCUT2D eigenvalue weighted by Gasteiger charge is 2.32. The molecule has 0 saturated carbocycles. The summed E-state index contributed by atoms with van der Waals surface area (Å²) in [5.41, 5.74) is 1.66. The number of unbranched alkanes of at least 4 members (excludes halogenated alkanes) is 2. The zero-order chi connectivity index (χ0) is 35.4. The molecule has 0 aliphatic heterocycles. The fourth-order valence-corrected chi connectivity index (χ4v) is 5.85. The van der Waals surface area contributed by atoms with Crippen LogP contribution < -0.4 is 16.0 Å². The molecule has 0 radical (unpaired) electrons. The summed E-state index contributed by atoms with van der Waals surface area (Å²) in [7, 11) is -4.02. The lowest BCUT2D eigenvalue weighted by atomic mass is 10.00. The molecule has 0 unspecified atom stereocenters. The van der Waals surface area contributed by atoms with Crippen LogP contribution in [0.25, 0.3) is 0 Å². The maximum absolute atomic E-state index is 13.7. The molecule has 3 amide bonds. The Hall–Kier alpha value is -3.57. The molecule has 0 bridgehead atoms. The summed E-state index contributed by atoms with van der Waals surface area (Å²) in [6, 6.07) is 14.9. The second-order valence-electron chi connectivity index (χ2n) is 12.0. The number of phosphoric ester groups is 1. The van der Waals surface area contributed by atoms with Crippen LogP contribution in [-0.2, 0) is 50.2 Å². The zero-order valence-electron chi connectivity index (χ0n) is 28.5. The monoisotopic (exact) mass is 689 g/mol. The highest BCUT2D eigenvalue weighted by molar-refractivity contribution is 7.48. The number of benzene rings is 2. The van der Waals surface area contributed by atoms with Crippen LogP contribution in [0.15, 0.2) is 60.7 Å². The molecule has 0 aromatic heterocycles. The van der Waals surface area contributed by atoms with Crippen molar-refractivity contribution in [3.8, 4) is 0 Å². The molecule has 2 aromatic carbocycles. The number of aryl methyl sites for hydroxylation is 1. The van der Waals surface area contributed by atoms with Crippen LogP contribution in [0, 0.1) is 5.92 Å². The van der Waals surface area contributed by atoms with E-state index in [1.165, 1.54) is 0 Å². The molecule has 266 valence electrons. The first-order chi connectivity index (χ1) is 23.0. The molecule has 0 aliphatic carbocycles. The number of carboxylic acids is 1. The van der Waals surface area contributed by atoms with E-state index in [1.807, 2.05) is 64.1 Å². The van der Waals surface area contributed by atoms with Crippen molar-refractivity contribution in [2.45, 2.75) is 97.2 Å². The Morgan fingerprint density at radius 2 is 1.25 bits per heavy atom. The topological polar surface area (TPSA) is 169 Å². The van der Waals surface area contributed by atoms with Gasteiger partial charge in [0.2, 0.25) is 17.7 Å². The minimum Gasteiger partial charge on any atom is -0.480 e. The molecule has 0 aliphatic rings. The summed E-state index contributed by atoms with van der Waals surface area (Å²) in [6.07, 6.45) is 3.76. The van der Waals surface area contributed by atoms with Crippen molar-refractivity contribution in [1.82, 2.24) is 16.0 Å². The summed E-state index contributed by atoms with van der Waals surface area (Å²) in [6.45, 7) is 7.24. The van der Waals surface area contributed by atoms with Crippen molar-refractivity contribution in [1.29, 1.82) is 0 Å². The number of hydrogen-bond donors (Lipinski definition) is 4. The summed E-state index contributed by atoms with van der Waals surface area (Å²) >= 11 is 0. The number of aliphatic carboxylic acids is 1. The van der Waals surface area contributed by atoms with E-state index >= 15 is 0 Å². The predicted octanol–water partition coefficient (Wildman–Crippen LogP) is 5.21. The number of carbonyl (C=O) groups is 4. The number of hydrogen-bond acceptors (Lipinski definition) is 8. The molecule has 3 atom stereocenters. The van der Waals surface area contributed by atoms with Gasteiger partial charge in [0.05, 0.1) is 13.2 Å². The maximum atomic E-state index is 13.7. The molecule has 2 aromatic rings. The first kappa shape index (κ1) is 40.6. The summed E-state index contributed by atoms with van der Waals surface area (Å²) in [5, 5.41) is 17.8. The third-order valence-corrected chi connectivity index (χ3v) is 8.74. The molecular formula is C35H52N3O9P. The Balaban J connectivity index is 2.19. The second-order valence-corrected chi connectivity index (χ2v) is 13.7. The Morgan fingerprint density at radius 3 is 1.77 bits per heavy atom. The summed E-state index contributed by atoms with van der Waals surface area (Å²) < 4.78 is 29.3. The lowest BCUT2D eigenvalue weighted by molar-refractivity contribution is -0.142. The molecule has 0 spiro atoms. The van der Waals surface area contributed by atoms with Crippen LogP contribution in [0.3, 0.4) is 0 Å². The van der Waals surface area contributed by atoms with E-state index in [0.717, 1.165) is 24.0 Å². The van der Waals surface area contributed by atoms with Crippen LogP contribution in [0.2, 0.25) is 0 Å². The molecule has 12 nitrogen and oxygen atoms in total. The van der Waals surface area contributed by atoms with Crippen LogP contribution in [-0.4, -0.2) is 66.7 Å². The largest absolute Gasteiger partial charge is 0.480 e. The molecule has 4 N–H and O–H groups in total. The fourth-order valence-electron chi connectivity index (χ4n) is 4.65. The molecule has 2 rings (SSSR count). The van der Waals surface area contributed by atoms with Gasteiger partial charge in [0, 0.05) is 6.42 Å². The Kier molecular flexibility index (Phi) is 18.7. The minimum absolute atomic E-state index is 0.0289. The van der Waals surface area contributed by atoms with Gasteiger partial charge in [-0.1, -0.05) is 101 Å². The van der Waals surface area contributed by atoms with Gasteiger partial charge >= 0.3 is 13.8 Å². The number of carboxylic acid groups (broad SMARTS) is 1. The number of rotatable bonds is 24. The van der Waals surface area contributed by atoms with Crippen molar-refractivity contribution in [3.05, 3.63) is 71.8 Å². The Morgan fingerprint density at radius 1 is 0.729 bits per heavy atom. The van der Waals surface area contributed by atoms with Gasteiger partial charge in [-0.2, -0.15) is 0 Å². The Bertz CT molecular complexity index is 1300. The van der Waals surface area contributed by atoms with Gasteiger partial charge in [0.25, 0.3) is 0 Å². The van der Waals surface area contributed by atoms with E-state index in [0.29, 0.717) is 19.3 Å². The van der Waals surface area contributed by atoms with Crippen molar-refractivity contribution >= 4 is 31.5 Å². The maximum Gasteiger partial charge on any atom is 0.475 e. The van der Waals surface area contributed by atoms with Gasteiger partial charge in [0.1, 0.15) is 24.7 Å². The van der Waals surface area contributed by atoms with Gasteiger partial charge in [-0.3, -0.25) is 28.0 Å². The molecule has 13 heteroatoms. The standard InChI is InChI=1S/C35H52N3O9P/c1-5-7-21-45-48(44,46-22-8-6-2)47-25-32(39)36-29(20-19-27-15-11-9-12-16-27)33(40)37-30(23-26(3)4)34(41)38-31(35(42)43)24-28-17-13-10-14-18-28/h9-18,26,29-31H,5-8,19-25H2,1-4H3,(H,36,39)(H,37,40)(H,38,41)(H,42,43)/t29-,30-,31-/m0/s1. The van der Waals surface area contributed by atoms with E-state index in [4.69, 9.17) is 13.6 Å². The van der Waals surface area contributed by atoms with E-state index in [2.05, 4.69) is 16.0 Å². The van der Waals surface area contributed by atoms with Crippen molar-refractivity contribution in [2.24, 2.45) is 5.92 Å². The third kappa shape index (κ3) is 16.0. The minimum atomic E-state index is -4.02. The second kappa shape index (κ2) is 22.1. The van der Waals surface area contributed by atoms with Crippen molar-refractivity contribution in [2.75, 3.05) is 19.8 Å². The summed E-state index contributed by atoms with van der Waals surface area (Å²) in [4.78, 5) is 52.2. The van der Waals surface area contributed by atoms with E-state index in [-0.39, 0.29) is 38.4 Å². The lowest BCUT2D eigenvalue weighted by Gasteiger charge is -2.26. The average Bonchev–Trinajstić information content (AvgIpc) is 3.06. The van der Waals surface area contributed by atoms with Crippen LogP contribution >= 0.6 is 7.82 Å². The van der Waals surface area contributed by atoms with E-state index in [1.54, 1.807) is 24.3 Å². The Labute approximate surface area is 284 Å². The summed E-state index contributed by atoms with van der Waals surface area (Å²) in [5.74, 6) is -3.23. The third-order valence-electron chi connectivity index (χ3n) is 7.30. The number of amides is 3. The van der Waals surface area contributed by atoms with E-state index in [9.17, 15) is 28.8 Å². The molecule has 0 saturated heterocycles. The molecular weight excluding hydrogens is 637 g/mol. The zero-order valence-corrected chi connectivity index (χ0v) is 29.4. The quantitative estimate of drug-likeness (QED) is 0.0855. The molecule has 0 heterocycles. The molecule has 48 heavy (non-hydrogen) atoms. The molecule has 0 fully saturated rings. The average molecular weight is 690 g/mol. The highest BCUT2D eigenvalue weighted by Crippen LogP contribution is 2.49. The van der Waals surface area contributed by atoms with Crippen LogP contribution in [0.5, 0.6) is 0 Å². The van der Waals surface area contributed by atoms with Gasteiger partial charge in [-0.05, 0) is 49.1 Å². The highest BCUT2D eigenvalue weighted by atomic mass is 31.2. The van der Waals surface area contributed by atoms with E-state index < -0.39 is 56.2 Å². The smallest absolute Gasteiger partial charge is 0.475 e. The van der Waals surface area contributed by atoms with Crippen molar-refractivity contribution in [3.63, 3.8) is 0 Å². The first-order valence-electron chi connectivity index (χ1n) is 16.7. The van der Waals surface area contributed by atoms with Gasteiger partial charge in [-0.15, -0.1) is 0 Å².